The smallest absolute Gasteiger partial charge is 0.336 e. The fourth-order valence-corrected chi connectivity index (χ4v) is 1.88. The molecule has 7 heteroatoms. The first-order valence-corrected chi connectivity index (χ1v) is 5.77. The maximum Gasteiger partial charge on any atom is 0.336 e. The van der Waals surface area contributed by atoms with Gasteiger partial charge in [0.1, 0.15) is 5.15 Å². The predicted octanol–water partition coefficient (Wildman–Crippen LogP) is 2.81. The standard InChI is InChI=1S/C8H6ClN3O2S.C2H6/c1-3-6-4(8(13)14)2-5(9)10-7(6)12(15)11-3;1-2/h2,15H,1H3,(H,13,14);1-2H3. The second kappa shape index (κ2) is 5.37. The van der Waals surface area contributed by atoms with E-state index in [1.165, 1.54) is 10.2 Å². The molecule has 0 aliphatic carbocycles. The van der Waals surface area contributed by atoms with E-state index in [-0.39, 0.29) is 10.7 Å². The summed E-state index contributed by atoms with van der Waals surface area (Å²) in [7, 11) is 0. The molecule has 2 heterocycles. The van der Waals surface area contributed by atoms with Crippen molar-refractivity contribution < 1.29 is 9.90 Å². The summed E-state index contributed by atoms with van der Waals surface area (Å²) >= 11 is 9.73. The molecule has 0 amide bonds. The topological polar surface area (TPSA) is 68.0 Å². The number of aryl methyl sites for hydroxylation is 1. The molecule has 0 aliphatic heterocycles. The minimum Gasteiger partial charge on any atom is -0.478 e. The first-order chi connectivity index (χ1) is 8.00. The summed E-state index contributed by atoms with van der Waals surface area (Å²) in [6.07, 6.45) is 0. The third-order valence-electron chi connectivity index (χ3n) is 2.00. The number of hydrogen-bond acceptors (Lipinski definition) is 4. The molecule has 0 atom stereocenters. The largest absolute Gasteiger partial charge is 0.478 e. The summed E-state index contributed by atoms with van der Waals surface area (Å²) in [6, 6.07) is 1.30. The molecule has 0 aromatic carbocycles. The molecule has 2 rings (SSSR count). The Bertz CT molecular complexity index is 568. The molecule has 0 saturated heterocycles. The highest BCUT2D eigenvalue weighted by molar-refractivity contribution is 7.78. The predicted molar refractivity (Wildman–Crippen MR) is 70.0 cm³/mol. The normalized spacial score (nSPS) is 9.94. The van der Waals surface area contributed by atoms with E-state index in [0.29, 0.717) is 16.7 Å². The number of halogens is 1. The first kappa shape index (κ1) is 13.8. The Kier molecular flexibility index (Phi) is 4.36. The lowest BCUT2D eigenvalue weighted by atomic mass is 10.1. The SMILES string of the molecule is CC.Cc1nn(S)c2nc(Cl)cc(C(=O)O)c12. The molecule has 0 bridgehead atoms. The van der Waals surface area contributed by atoms with Crippen molar-refractivity contribution in [2.75, 3.05) is 0 Å². The molecule has 2 aromatic rings. The Morgan fingerprint density at radius 1 is 1.53 bits per heavy atom. The highest BCUT2D eigenvalue weighted by Crippen LogP contribution is 2.24. The lowest BCUT2D eigenvalue weighted by Gasteiger charge is -1.98. The summed E-state index contributed by atoms with van der Waals surface area (Å²) in [6.45, 7) is 5.69. The molecule has 0 fully saturated rings. The van der Waals surface area contributed by atoms with Crippen LogP contribution in [0.25, 0.3) is 11.0 Å². The fourth-order valence-electron chi connectivity index (χ4n) is 1.41. The van der Waals surface area contributed by atoms with E-state index < -0.39 is 5.97 Å². The van der Waals surface area contributed by atoms with Crippen molar-refractivity contribution in [2.45, 2.75) is 20.8 Å². The molecular formula is C10H12ClN3O2S. The molecule has 17 heavy (non-hydrogen) atoms. The summed E-state index contributed by atoms with van der Waals surface area (Å²) < 4.78 is 1.21. The molecule has 92 valence electrons. The van der Waals surface area contributed by atoms with Gasteiger partial charge in [0.25, 0.3) is 0 Å². The Morgan fingerprint density at radius 2 is 2.12 bits per heavy atom. The van der Waals surface area contributed by atoms with Crippen LogP contribution in [0.5, 0.6) is 0 Å². The number of carbonyl (C=O) groups is 1. The van der Waals surface area contributed by atoms with Crippen molar-refractivity contribution in [1.29, 1.82) is 0 Å². The average Bonchev–Trinajstić information content (AvgIpc) is 2.56. The molecular weight excluding hydrogens is 262 g/mol. The number of carboxylic acids is 1. The van der Waals surface area contributed by atoms with Crippen LogP contribution in [-0.4, -0.2) is 25.2 Å². The van der Waals surface area contributed by atoms with E-state index in [1.807, 2.05) is 13.8 Å². The minimum absolute atomic E-state index is 0.0859. The van der Waals surface area contributed by atoms with Gasteiger partial charge in [0.15, 0.2) is 5.65 Å². The van der Waals surface area contributed by atoms with Gasteiger partial charge in [-0.15, -0.1) is 0 Å². The molecule has 0 saturated carbocycles. The Hall–Kier alpha value is -1.27. The average molecular weight is 274 g/mol. The quantitative estimate of drug-likeness (QED) is 0.619. The minimum atomic E-state index is -1.06. The van der Waals surface area contributed by atoms with Crippen LogP contribution in [0.2, 0.25) is 5.15 Å². The number of carboxylic acid groups (broad SMARTS) is 1. The zero-order valence-electron chi connectivity index (χ0n) is 9.60. The second-order valence-corrected chi connectivity index (χ2v) is 3.74. The highest BCUT2D eigenvalue weighted by Gasteiger charge is 2.17. The maximum absolute atomic E-state index is 11.0. The summed E-state index contributed by atoms with van der Waals surface area (Å²) in [4.78, 5) is 14.9. The van der Waals surface area contributed by atoms with Crippen LogP contribution in [0.4, 0.5) is 0 Å². The van der Waals surface area contributed by atoms with E-state index in [4.69, 9.17) is 16.7 Å². The van der Waals surface area contributed by atoms with Gasteiger partial charge in [-0.05, 0) is 25.8 Å². The van der Waals surface area contributed by atoms with Crippen LogP contribution in [0, 0.1) is 6.92 Å². The lowest BCUT2D eigenvalue weighted by molar-refractivity contribution is 0.0699. The third kappa shape index (κ3) is 2.53. The maximum atomic E-state index is 11.0. The third-order valence-corrected chi connectivity index (χ3v) is 2.47. The zero-order valence-corrected chi connectivity index (χ0v) is 11.2. The van der Waals surface area contributed by atoms with Gasteiger partial charge < -0.3 is 5.11 Å². The highest BCUT2D eigenvalue weighted by atomic mass is 35.5. The van der Waals surface area contributed by atoms with Gasteiger partial charge in [0.2, 0.25) is 0 Å². The van der Waals surface area contributed by atoms with E-state index in [0.717, 1.165) is 0 Å². The Balaban J connectivity index is 0.000000686. The molecule has 0 aliphatic rings. The van der Waals surface area contributed by atoms with Crippen molar-refractivity contribution in [3.05, 3.63) is 22.5 Å². The van der Waals surface area contributed by atoms with Gasteiger partial charge in [0.05, 0.1) is 16.6 Å². The van der Waals surface area contributed by atoms with Crippen LogP contribution in [-0.2, 0) is 0 Å². The number of aromatic carboxylic acids is 1. The Morgan fingerprint density at radius 3 is 2.65 bits per heavy atom. The van der Waals surface area contributed by atoms with E-state index in [9.17, 15) is 4.79 Å². The van der Waals surface area contributed by atoms with Crippen LogP contribution >= 0.6 is 24.4 Å². The molecule has 2 aromatic heterocycles. The van der Waals surface area contributed by atoms with Crippen LogP contribution in [0.3, 0.4) is 0 Å². The number of nitrogens with zero attached hydrogens (tertiary/aromatic N) is 3. The van der Waals surface area contributed by atoms with E-state index in [2.05, 4.69) is 22.9 Å². The van der Waals surface area contributed by atoms with Crippen molar-refractivity contribution in [3.8, 4) is 0 Å². The summed E-state index contributed by atoms with van der Waals surface area (Å²) in [5.74, 6) is -1.06. The number of rotatable bonds is 1. The monoisotopic (exact) mass is 273 g/mol. The van der Waals surface area contributed by atoms with Crippen molar-refractivity contribution >= 4 is 41.4 Å². The van der Waals surface area contributed by atoms with Crippen molar-refractivity contribution in [2.24, 2.45) is 0 Å². The number of aromatic nitrogens is 3. The van der Waals surface area contributed by atoms with Gasteiger partial charge in [-0.3, -0.25) is 0 Å². The van der Waals surface area contributed by atoms with E-state index >= 15 is 0 Å². The lowest BCUT2D eigenvalue weighted by Crippen LogP contribution is -1.99. The van der Waals surface area contributed by atoms with Crippen molar-refractivity contribution in [3.63, 3.8) is 0 Å². The molecule has 0 spiro atoms. The number of thiol groups is 1. The van der Waals surface area contributed by atoms with Crippen LogP contribution < -0.4 is 0 Å². The molecule has 1 N–H and O–H groups in total. The fraction of sp³-hybridized carbons (Fsp3) is 0.300. The number of pyridine rings is 1. The first-order valence-electron chi connectivity index (χ1n) is 4.99. The second-order valence-electron chi connectivity index (χ2n) is 2.97. The van der Waals surface area contributed by atoms with Gasteiger partial charge in [-0.2, -0.15) is 9.19 Å². The van der Waals surface area contributed by atoms with Crippen LogP contribution in [0.1, 0.15) is 29.9 Å². The zero-order chi connectivity index (χ0) is 13.2. The van der Waals surface area contributed by atoms with Gasteiger partial charge in [0, 0.05) is 0 Å². The summed E-state index contributed by atoms with van der Waals surface area (Å²) in [5, 5.41) is 13.5. The van der Waals surface area contributed by atoms with Crippen LogP contribution in [0.15, 0.2) is 6.07 Å². The van der Waals surface area contributed by atoms with Gasteiger partial charge in [-0.1, -0.05) is 25.4 Å². The number of fused-ring (bicyclic) bond motifs is 1. The van der Waals surface area contributed by atoms with E-state index in [1.54, 1.807) is 6.92 Å². The van der Waals surface area contributed by atoms with Gasteiger partial charge in [-0.25, -0.2) is 9.78 Å². The molecule has 0 unspecified atom stereocenters. The summed E-state index contributed by atoms with van der Waals surface area (Å²) in [5.41, 5.74) is 0.991. The van der Waals surface area contributed by atoms with Gasteiger partial charge >= 0.3 is 5.97 Å². The number of hydrogen-bond donors (Lipinski definition) is 2. The molecule has 0 radical (unpaired) electrons. The Labute approximate surface area is 109 Å². The molecule has 5 nitrogen and oxygen atoms in total. The van der Waals surface area contributed by atoms with Crippen molar-refractivity contribution in [1.82, 2.24) is 14.2 Å².